The minimum Gasteiger partial charge on any atom is -0.383 e. The highest BCUT2D eigenvalue weighted by atomic mass is 32.1. The fraction of sp³-hybridized carbons (Fsp3) is 0.714. The molecule has 0 unspecified atom stereocenters. The highest BCUT2D eigenvalue weighted by molar-refractivity contribution is 7.09. The van der Waals surface area contributed by atoms with E-state index in [0.717, 1.165) is 37.7 Å². The van der Waals surface area contributed by atoms with Gasteiger partial charge in [0.05, 0.1) is 19.7 Å². The number of nitrogens with zero attached hydrogens (tertiary/aromatic N) is 4. The Bertz CT molecular complexity index is 419. The van der Waals surface area contributed by atoms with Crippen LogP contribution in [0.1, 0.15) is 5.01 Å². The van der Waals surface area contributed by atoms with Crippen molar-refractivity contribution in [2.75, 3.05) is 60.0 Å². The number of hydrogen-bond acceptors (Lipinski definition) is 6. The predicted octanol–water partition coefficient (Wildman–Crippen LogP) is 0.366. The van der Waals surface area contributed by atoms with Crippen LogP contribution < -0.4 is 0 Å². The molecule has 0 aromatic carbocycles. The van der Waals surface area contributed by atoms with Crippen LogP contribution in [-0.4, -0.2) is 85.6 Å². The van der Waals surface area contributed by atoms with E-state index in [-0.39, 0.29) is 5.91 Å². The Morgan fingerprint density at radius 3 is 2.81 bits per heavy atom. The van der Waals surface area contributed by atoms with Crippen molar-refractivity contribution in [1.29, 1.82) is 0 Å². The lowest BCUT2D eigenvalue weighted by Crippen LogP contribution is -2.50. The molecule has 0 saturated carbocycles. The van der Waals surface area contributed by atoms with Crippen molar-refractivity contribution in [3.8, 4) is 0 Å². The first-order valence-corrected chi connectivity index (χ1v) is 8.13. The SMILES string of the molecule is COCCN(CC(=O)N1CCN(C)CC1)Cc1nccs1. The van der Waals surface area contributed by atoms with E-state index in [9.17, 15) is 4.79 Å². The van der Waals surface area contributed by atoms with Crippen molar-refractivity contribution in [3.05, 3.63) is 16.6 Å². The van der Waals surface area contributed by atoms with Gasteiger partial charge in [0, 0.05) is 51.4 Å². The van der Waals surface area contributed by atoms with E-state index in [1.807, 2.05) is 10.3 Å². The molecule has 7 heteroatoms. The number of thiazole rings is 1. The molecule has 1 aromatic rings. The maximum atomic E-state index is 12.4. The molecule has 1 saturated heterocycles. The minimum absolute atomic E-state index is 0.204. The van der Waals surface area contributed by atoms with Crippen LogP contribution in [0.3, 0.4) is 0 Å². The number of aromatic nitrogens is 1. The van der Waals surface area contributed by atoms with Crippen LogP contribution in [0.25, 0.3) is 0 Å². The Hall–Kier alpha value is -1.02. The average Bonchev–Trinajstić information content (AvgIpc) is 2.98. The van der Waals surface area contributed by atoms with Crippen LogP contribution in [0.2, 0.25) is 0 Å². The van der Waals surface area contributed by atoms with Crippen molar-refractivity contribution in [2.45, 2.75) is 6.54 Å². The zero-order valence-corrected chi connectivity index (χ0v) is 13.6. The summed E-state index contributed by atoms with van der Waals surface area (Å²) in [6.07, 6.45) is 1.80. The quantitative estimate of drug-likeness (QED) is 0.728. The van der Waals surface area contributed by atoms with Gasteiger partial charge in [-0.3, -0.25) is 9.69 Å². The van der Waals surface area contributed by atoms with Crippen LogP contribution >= 0.6 is 11.3 Å². The van der Waals surface area contributed by atoms with E-state index in [0.29, 0.717) is 19.7 Å². The van der Waals surface area contributed by atoms with E-state index in [1.165, 1.54) is 0 Å². The highest BCUT2D eigenvalue weighted by Crippen LogP contribution is 2.09. The summed E-state index contributed by atoms with van der Waals surface area (Å²) in [6.45, 7) is 6.08. The van der Waals surface area contributed by atoms with E-state index in [4.69, 9.17) is 4.74 Å². The summed E-state index contributed by atoms with van der Waals surface area (Å²) in [5.74, 6) is 0.204. The fourth-order valence-electron chi connectivity index (χ4n) is 2.30. The summed E-state index contributed by atoms with van der Waals surface area (Å²) in [5.41, 5.74) is 0. The van der Waals surface area contributed by atoms with E-state index >= 15 is 0 Å². The number of ether oxygens (including phenoxy) is 1. The van der Waals surface area contributed by atoms with Gasteiger partial charge in [-0.2, -0.15) is 0 Å². The Morgan fingerprint density at radius 1 is 1.43 bits per heavy atom. The Morgan fingerprint density at radius 2 is 2.19 bits per heavy atom. The number of hydrogen-bond donors (Lipinski definition) is 0. The number of rotatable bonds is 7. The number of piperazine rings is 1. The van der Waals surface area contributed by atoms with Crippen molar-refractivity contribution in [2.24, 2.45) is 0 Å². The van der Waals surface area contributed by atoms with Crippen molar-refractivity contribution >= 4 is 17.2 Å². The first kappa shape index (κ1) is 16.4. The molecule has 0 radical (unpaired) electrons. The second-order valence-corrected chi connectivity index (χ2v) is 6.29. The molecule has 1 amide bonds. The third-order valence-electron chi connectivity index (χ3n) is 3.67. The van der Waals surface area contributed by atoms with Crippen molar-refractivity contribution in [1.82, 2.24) is 19.7 Å². The zero-order valence-electron chi connectivity index (χ0n) is 12.8. The second kappa shape index (κ2) is 8.43. The van der Waals surface area contributed by atoms with E-state index < -0.39 is 0 Å². The van der Waals surface area contributed by atoms with Crippen LogP contribution in [0.15, 0.2) is 11.6 Å². The molecular weight excluding hydrogens is 288 g/mol. The van der Waals surface area contributed by atoms with Gasteiger partial charge in [0.1, 0.15) is 5.01 Å². The van der Waals surface area contributed by atoms with Crippen LogP contribution in [-0.2, 0) is 16.1 Å². The molecule has 1 aliphatic rings. The molecule has 21 heavy (non-hydrogen) atoms. The molecular formula is C14H24N4O2S. The number of likely N-dealkylation sites (N-methyl/N-ethyl adjacent to an activating group) is 1. The van der Waals surface area contributed by atoms with Gasteiger partial charge in [0.25, 0.3) is 0 Å². The van der Waals surface area contributed by atoms with Gasteiger partial charge in [0.2, 0.25) is 5.91 Å². The molecule has 0 spiro atoms. The van der Waals surface area contributed by atoms with Crippen molar-refractivity contribution < 1.29 is 9.53 Å². The molecule has 1 aliphatic heterocycles. The van der Waals surface area contributed by atoms with Crippen LogP contribution in [0.4, 0.5) is 0 Å². The predicted molar refractivity (Wildman–Crippen MR) is 83.3 cm³/mol. The number of carbonyl (C=O) groups excluding carboxylic acids is 1. The third-order valence-corrected chi connectivity index (χ3v) is 4.43. The first-order chi connectivity index (χ1) is 10.2. The molecule has 6 nitrogen and oxygen atoms in total. The lowest BCUT2D eigenvalue weighted by atomic mass is 10.3. The van der Waals surface area contributed by atoms with Gasteiger partial charge in [-0.05, 0) is 7.05 Å². The summed E-state index contributed by atoms with van der Waals surface area (Å²) in [6, 6.07) is 0. The van der Waals surface area contributed by atoms with Gasteiger partial charge in [-0.1, -0.05) is 0 Å². The standard InChI is InChI=1S/C14H24N4O2S/c1-16-4-6-18(7-5-16)14(19)12-17(8-9-20-2)11-13-15-3-10-21-13/h3,10H,4-9,11-12H2,1-2H3. The molecule has 0 aliphatic carbocycles. The monoisotopic (exact) mass is 312 g/mol. The summed E-state index contributed by atoms with van der Waals surface area (Å²) < 4.78 is 5.14. The molecule has 2 heterocycles. The maximum Gasteiger partial charge on any atom is 0.236 e. The third kappa shape index (κ3) is 5.35. The first-order valence-electron chi connectivity index (χ1n) is 7.25. The lowest BCUT2D eigenvalue weighted by Gasteiger charge is -2.33. The van der Waals surface area contributed by atoms with Crippen LogP contribution in [0, 0.1) is 0 Å². The van der Waals surface area contributed by atoms with Gasteiger partial charge in [-0.15, -0.1) is 11.3 Å². The van der Waals surface area contributed by atoms with Gasteiger partial charge in [0.15, 0.2) is 0 Å². The van der Waals surface area contributed by atoms with Gasteiger partial charge in [-0.25, -0.2) is 4.98 Å². The molecule has 0 N–H and O–H groups in total. The minimum atomic E-state index is 0.204. The largest absolute Gasteiger partial charge is 0.383 e. The molecule has 1 fully saturated rings. The number of carbonyl (C=O) groups is 1. The summed E-state index contributed by atoms with van der Waals surface area (Å²) in [4.78, 5) is 23.0. The van der Waals surface area contributed by atoms with Crippen molar-refractivity contribution in [3.63, 3.8) is 0 Å². The smallest absolute Gasteiger partial charge is 0.236 e. The fourth-order valence-corrected chi connectivity index (χ4v) is 2.96. The zero-order chi connectivity index (χ0) is 15.1. The summed E-state index contributed by atoms with van der Waals surface area (Å²) in [7, 11) is 3.78. The Labute approximate surface area is 130 Å². The molecule has 0 bridgehead atoms. The summed E-state index contributed by atoms with van der Waals surface area (Å²) in [5, 5.41) is 3.00. The molecule has 1 aromatic heterocycles. The van der Waals surface area contributed by atoms with E-state index in [2.05, 4.69) is 21.8 Å². The highest BCUT2D eigenvalue weighted by Gasteiger charge is 2.21. The van der Waals surface area contributed by atoms with E-state index in [1.54, 1.807) is 24.6 Å². The Balaban J connectivity index is 1.86. The normalized spacial score (nSPS) is 16.6. The topological polar surface area (TPSA) is 48.9 Å². The Kier molecular flexibility index (Phi) is 6.56. The van der Waals surface area contributed by atoms with Gasteiger partial charge < -0.3 is 14.5 Å². The molecule has 118 valence electrons. The molecule has 2 rings (SSSR count). The van der Waals surface area contributed by atoms with Crippen LogP contribution in [0.5, 0.6) is 0 Å². The lowest BCUT2D eigenvalue weighted by molar-refractivity contribution is -0.134. The maximum absolute atomic E-state index is 12.4. The second-order valence-electron chi connectivity index (χ2n) is 5.31. The van der Waals surface area contributed by atoms with Gasteiger partial charge >= 0.3 is 0 Å². The summed E-state index contributed by atoms with van der Waals surface area (Å²) >= 11 is 1.62. The molecule has 0 atom stereocenters. The average molecular weight is 312 g/mol. The number of amides is 1. The number of methoxy groups -OCH3 is 1.